The van der Waals surface area contributed by atoms with Gasteiger partial charge in [-0.2, -0.15) is 0 Å². The van der Waals surface area contributed by atoms with E-state index >= 15 is 0 Å². The Morgan fingerprint density at radius 2 is 1.38 bits per heavy atom. The third-order valence-corrected chi connectivity index (χ3v) is 4.65. The molecule has 5 heteroatoms. The minimum absolute atomic E-state index is 0.616. The molecule has 0 aliphatic rings. The summed E-state index contributed by atoms with van der Waals surface area (Å²) in [5.74, 6) is 0.616. The molecule has 0 aliphatic heterocycles. The second-order valence-electron chi connectivity index (χ2n) is 2.09. The van der Waals surface area contributed by atoms with Crippen LogP contribution >= 0.6 is 11.6 Å². The van der Waals surface area contributed by atoms with Crippen LogP contribution in [0.5, 0.6) is 0 Å². The Morgan fingerprint density at radius 3 is 1.62 bits per heavy atom. The SMILES string of the molecule is CC.CO[Si](CCCCl)(OC)OC. The summed E-state index contributed by atoms with van der Waals surface area (Å²) >= 11 is 5.53. The average Bonchev–Trinajstić information content (AvgIpc) is 2.24. The topological polar surface area (TPSA) is 27.7 Å². The highest BCUT2D eigenvalue weighted by Crippen LogP contribution is 2.14. The quantitative estimate of drug-likeness (QED) is 0.517. The molecule has 0 N–H and O–H groups in total. The summed E-state index contributed by atoms with van der Waals surface area (Å²) in [5.41, 5.74) is 0. The maximum absolute atomic E-state index is 5.53. The second kappa shape index (κ2) is 10.5. The zero-order valence-corrected chi connectivity index (χ0v) is 11.0. The second-order valence-corrected chi connectivity index (χ2v) is 5.56. The van der Waals surface area contributed by atoms with Gasteiger partial charge in [0.15, 0.2) is 0 Å². The molecule has 0 aromatic carbocycles. The Labute approximate surface area is 87.7 Å². The predicted octanol–water partition coefficient (Wildman–Crippen LogP) is 2.52. The first kappa shape index (κ1) is 15.8. The molecule has 0 unspecified atom stereocenters. The highest BCUT2D eigenvalue weighted by molar-refractivity contribution is 6.60. The third-order valence-electron chi connectivity index (χ3n) is 1.55. The number of halogens is 1. The number of rotatable bonds is 6. The standard InChI is InChI=1S/C6H15ClO3Si.C2H6/c1-8-11(9-2,10-3)6-4-5-7;1-2/h4-6H2,1-3H3;1-2H3. The van der Waals surface area contributed by atoms with E-state index in [0.717, 1.165) is 12.5 Å². The van der Waals surface area contributed by atoms with Gasteiger partial charge in [-0.05, 0) is 6.42 Å². The van der Waals surface area contributed by atoms with E-state index in [9.17, 15) is 0 Å². The Balaban J connectivity index is 0. The van der Waals surface area contributed by atoms with Crippen molar-refractivity contribution in [3.05, 3.63) is 0 Å². The van der Waals surface area contributed by atoms with Gasteiger partial charge in [-0.1, -0.05) is 13.8 Å². The molecule has 0 saturated carbocycles. The van der Waals surface area contributed by atoms with Crippen LogP contribution < -0.4 is 0 Å². The smallest absolute Gasteiger partial charge is 0.377 e. The highest BCUT2D eigenvalue weighted by Gasteiger charge is 2.36. The molecule has 0 radical (unpaired) electrons. The average molecular weight is 229 g/mol. The molecule has 3 nitrogen and oxygen atoms in total. The van der Waals surface area contributed by atoms with Crippen LogP contribution in [0.4, 0.5) is 0 Å². The van der Waals surface area contributed by atoms with Gasteiger partial charge in [-0.15, -0.1) is 11.6 Å². The fraction of sp³-hybridized carbons (Fsp3) is 1.00. The minimum Gasteiger partial charge on any atom is -0.377 e. The van der Waals surface area contributed by atoms with Crippen LogP contribution in [-0.2, 0) is 13.3 Å². The Hall–Kier alpha value is 0.387. The molecule has 0 heterocycles. The van der Waals surface area contributed by atoms with Gasteiger partial charge in [0.25, 0.3) is 0 Å². The first-order valence-electron chi connectivity index (χ1n) is 4.46. The highest BCUT2D eigenvalue weighted by atomic mass is 35.5. The van der Waals surface area contributed by atoms with Gasteiger partial charge in [0.1, 0.15) is 0 Å². The predicted molar refractivity (Wildman–Crippen MR) is 58.3 cm³/mol. The largest absolute Gasteiger partial charge is 0.500 e. The molecule has 0 aliphatic carbocycles. The van der Waals surface area contributed by atoms with Crippen LogP contribution in [0, 0.1) is 0 Å². The number of hydrogen-bond donors (Lipinski definition) is 0. The van der Waals surface area contributed by atoms with Crippen molar-refractivity contribution >= 4 is 20.4 Å². The van der Waals surface area contributed by atoms with E-state index in [1.165, 1.54) is 0 Å². The third kappa shape index (κ3) is 6.46. The van der Waals surface area contributed by atoms with Crippen LogP contribution in [0.3, 0.4) is 0 Å². The molecule has 0 bridgehead atoms. The summed E-state index contributed by atoms with van der Waals surface area (Å²) in [4.78, 5) is 0. The molecule has 0 atom stereocenters. The van der Waals surface area contributed by atoms with E-state index < -0.39 is 8.80 Å². The lowest BCUT2D eigenvalue weighted by molar-refractivity contribution is 0.123. The molecule has 0 spiro atoms. The van der Waals surface area contributed by atoms with Gasteiger partial charge in [0.2, 0.25) is 0 Å². The zero-order chi connectivity index (χ0) is 10.7. The van der Waals surface area contributed by atoms with Crippen molar-refractivity contribution in [1.29, 1.82) is 0 Å². The molecule has 0 aromatic rings. The summed E-state index contributed by atoms with van der Waals surface area (Å²) < 4.78 is 15.5. The van der Waals surface area contributed by atoms with E-state index in [1.54, 1.807) is 21.3 Å². The van der Waals surface area contributed by atoms with Crippen molar-refractivity contribution in [2.24, 2.45) is 0 Å². The monoisotopic (exact) mass is 228 g/mol. The van der Waals surface area contributed by atoms with Gasteiger partial charge < -0.3 is 13.3 Å². The first-order valence-corrected chi connectivity index (χ1v) is 6.92. The van der Waals surface area contributed by atoms with Crippen molar-refractivity contribution in [3.63, 3.8) is 0 Å². The first-order chi connectivity index (χ1) is 6.24. The molecular weight excluding hydrogens is 208 g/mol. The van der Waals surface area contributed by atoms with Crippen molar-refractivity contribution in [1.82, 2.24) is 0 Å². The summed E-state index contributed by atoms with van der Waals surface area (Å²) in [6, 6.07) is 0.778. The lowest BCUT2D eigenvalue weighted by Crippen LogP contribution is -2.42. The normalized spacial score (nSPS) is 10.6. The van der Waals surface area contributed by atoms with E-state index in [4.69, 9.17) is 24.9 Å². The van der Waals surface area contributed by atoms with Crippen molar-refractivity contribution in [2.75, 3.05) is 27.2 Å². The summed E-state index contributed by atoms with van der Waals surface area (Å²) in [6.45, 7) is 4.00. The van der Waals surface area contributed by atoms with Gasteiger partial charge in [-0.3, -0.25) is 0 Å². The van der Waals surface area contributed by atoms with E-state index in [-0.39, 0.29) is 0 Å². The van der Waals surface area contributed by atoms with Crippen molar-refractivity contribution < 1.29 is 13.3 Å². The fourth-order valence-corrected chi connectivity index (χ4v) is 2.92. The molecule has 0 fully saturated rings. The summed E-state index contributed by atoms with van der Waals surface area (Å²) in [5, 5.41) is 0. The lowest BCUT2D eigenvalue weighted by atomic mass is 10.6. The van der Waals surface area contributed by atoms with Crippen LogP contribution in [0.2, 0.25) is 6.04 Å². The molecule has 82 valence electrons. The van der Waals surface area contributed by atoms with Crippen LogP contribution in [0.25, 0.3) is 0 Å². The van der Waals surface area contributed by atoms with Crippen LogP contribution in [-0.4, -0.2) is 36.0 Å². The fourth-order valence-electron chi connectivity index (χ4n) is 0.840. The van der Waals surface area contributed by atoms with E-state index in [0.29, 0.717) is 5.88 Å². The minimum atomic E-state index is -2.32. The maximum atomic E-state index is 5.53. The summed E-state index contributed by atoms with van der Waals surface area (Å²) in [7, 11) is 2.49. The molecule has 0 saturated heterocycles. The number of hydrogen-bond acceptors (Lipinski definition) is 3. The molecule has 0 amide bonds. The summed E-state index contributed by atoms with van der Waals surface area (Å²) in [6.07, 6.45) is 0.864. The number of alkyl halides is 1. The maximum Gasteiger partial charge on any atom is 0.500 e. The molecule has 0 rings (SSSR count). The van der Waals surface area contributed by atoms with Crippen molar-refractivity contribution in [2.45, 2.75) is 26.3 Å². The molecule has 13 heavy (non-hydrogen) atoms. The van der Waals surface area contributed by atoms with Gasteiger partial charge in [0.05, 0.1) is 0 Å². The Kier molecular flexibility index (Phi) is 12.8. The molecule has 0 aromatic heterocycles. The Morgan fingerprint density at radius 1 is 1.00 bits per heavy atom. The van der Waals surface area contributed by atoms with Gasteiger partial charge in [0, 0.05) is 33.3 Å². The Bertz CT molecular complexity index is 91.1. The van der Waals surface area contributed by atoms with Gasteiger partial charge in [-0.25, -0.2) is 0 Å². The zero-order valence-electron chi connectivity index (χ0n) is 9.22. The van der Waals surface area contributed by atoms with Crippen LogP contribution in [0.15, 0.2) is 0 Å². The van der Waals surface area contributed by atoms with E-state index in [2.05, 4.69) is 0 Å². The van der Waals surface area contributed by atoms with Crippen molar-refractivity contribution in [3.8, 4) is 0 Å². The molecular formula is C8H21ClO3Si. The lowest BCUT2D eigenvalue weighted by Gasteiger charge is -2.23. The van der Waals surface area contributed by atoms with Crippen LogP contribution in [0.1, 0.15) is 20.3 Å². The van der Waals surface area contributed by atoms with E-state index in [1.807, 2.05) is 13.8 Å². The van der Waals surface area contributed by atoms with Gasteiger partial charge >= 0.3 is 8.80 Å².